The van der Waals surface area contributed by atoms with Crippen molar-refractivity contribution in [2.45, 2.75) is 6.54 Å². The summed E-state index contributed by atoms with van der Waals surface area (Å²) in [5, 5.41) is 5.37. The Bertz CT molecular complexity index is 1100. The Hall–Kier alpha value is -3.04. The van der Waals surface area contributed by atoms with E-state index in [0.29, 0.717) is 12.5 Å². The summed E-state index contributed by atoms with van der Waals surface area (Å²) in [4.78, 5) is 24.2. The summed E-state index contributed by atoms with van der Waals surface area (Å²) < 4.78 is 2.06. The van der Waals surface area contributed by atoms with E-state index in [4.69, 9.17) is 4.98 Å². The Balaban J connectivity index is 1.43. The smallest absolute Gasteiger partial charge is 0.223 e. The molecule has 0 aromatic carbocycles. The average Bonchev–Trinajstić information content (AvgIpc) is 3.43. The van der Waals surface area contributed by atoms with Crippen molar-refractivity contribution in [2.24, 2.45) is 0 Å². The molecule has 5 rings (SSSR count). The highest BCUT2D eigenvalue weighted by atomic mass is 32.1. The number of piperazine rings is 1. The molecule has 1 fully saturated rings. The standard InChI is InChI=1S/C20H22N8S/c1-26-8-10-27(11-9-26)18-19-23-14-17(28(19)7-6-21-18)16-4-5-22-20(25-16)24-13-15-3-2-12-29-15/h2-7,12,14H,8-11,13H2,1H3,(H,22,24,25). The predicted octanol–water partition coefficient (Wildman–Crippen LogP) is 2.61. The number of nitrogens with zero attached hydrogens (tertiary/aromatic N) is 7. The number of thiophene rings is 1. The molecular formula is C20H22N8S. The first kappa shape index (κ1) is 18.0. The van der Waals surface area contributed by atoms with E-state index in [1.54, 1.807) is 17.5 Å². The summed E-state index contributed by atoms with van der Waals surface area (Å²) >= 11 is 1.71. The van der Waals surface area contributed by atoms with E-state index < -0.39 is 0 Å². The van der Waals surface area contributed by atoms with Gasteiger partial charge >= 0.3 is 0 Å². The molecule has 4 aromatic heterocycles. The summed E-state index contributed by atoms with van der Waals surface area (Å²) in [6, 6.07) is 6.05. The number of nitrogens with one attached hydrogen (secondary N) is 1. The third-order valence-electron chi connectivity index (χ3n) is 5.13. The van der Waals surface area contributed by atoms with Gasteiger partial charge in [0.1, 0.15) is 0 Å². The lowest BCUT2D eigenvalue weighted by molar-refractivity contribution is 0.312. The van der Waals surface area contributed by atoms with E-state index in [0.717, 1.165) is 49.0 Å². The molecule has 4 aromatic rings. The fourth-order valence-corrected chi connectivity index (χ4v) is 4.15. The second kappa shape index (κ2) is 7.76. The summed E-state index contributed by atoms with van der Waals surface area (Å²) in [5.74, 6) is 1.54. The highest BCUT2D eigenvalue weighted by Gasteiger charge is 2.20. The Labute approximate surface area is 172 Å². The van der Waals surface area contributed by atoms with Crippen molar-refractivity contribution in [3.63, 3.8) is 0 Å². The first-order valence-electron chi connectivity index (χ1n) is 9.63. The lowest BCUT2D eigenvalue weighted by Gasteiger charge is -2.33. The number of hydrogen-bond acceptors (Lipinski definition) is 8. The first-order chi connectivity index (χ1) is 14.3. The van der Waals surface area contributed by atoms with Crippen LogP contribution in [0.2, 0.25) is 0 Å². The van der Waals surface area contributed by atoms with Crippen LogP contribution in [-0.2, 0) is 6.54 Å². The van der Waals surface area contributed by atoms with Gasteiger partial charge in [0.05, 0.1) is 24.1 Å². The maximum Gasteiger partial charge on any atom is 0.223 e. The summed E-state index contributed by atoms with van der Waals surface area (Å²) in [5.41, 5.74) is 2.62. The van der Waals surface area contributed by atoms with Crippen molar-refractivity contribution in [3.8, 4) is 11.4 Å². The molecule has 0 spiro atoms. The largest absolute Gasteiger partial charge is 0.351 e. The fraction of sp³-hybridized carbons (Fsp3) is 0.300. The molecule has 1 aliphatic heterocycles. The van der Waals surface area contributed by atoms with Crippen LogP contribution in [0.5, 0.6) is 0 Å². The number of rotatable bonds is 5. The van der Waals surface area contributed by atoms with Crippen LogP contribution in [0.25, 0.3) is 17.0 Å². The lowest BCUT2D eigenvalue weighted by atomic mass is 10.3. The quantitative estimate of drug-likeness (QED) is 0.546. The van der Waals surface area contributed by atoms with Crippen molar-refractivity contribution in [3.05, 3.63) is 53.2 Å². The maximum atomic E-state index is 4.70. The lowest BCUT2D eigenvalue weighted by Crippen LogP contribution is -2.45. The molecule has 0 saturated carbocycles. The molecule has 1 saturated heterocycles. The minimum atomic E-state index is 0.610. The molecule has 0 unspecified atom stereocenters. The number of aromatic nitrogens is 5. The molecular weight excluding hydrogens is 384 g/mol. The Morgan fingerprint density at radius 3 is 2.79 bits per heavy atom. The molecule has 1 aliphatic rings. The van der Waals surface area contributed by atoms with Gasteiger partial charge in [-0.2, -0.15) is 0 Å². The average molecular weight is 407 g/mol. The van der Waals surface area contributed by atoms with Gasteiger partial charge < -0.3 is 15.1 Å². The highest BCUT2D eigenvalue weighted by Crippen LogP contribution is 2.25. The zero-order valence-corrected chi connectivity index (χ0v) is 17.0. The van der Waals surface area contributed by atoms with Crippen molar-refractivity contribution < 1.29 is 0 Å². The molecule has 9 heteroatoms. The molecule has 5 heterocycles. The molecule has 0 aliphatic carbocycles. The van der Waals surface area contributed by atoms with Crippen molar-refractivity contribution in [1.29, 1.82) is 0 Å². The third-order valence-corrected chi connectivity index (χ3v) is 6.01. The van der Waals surface area contributed by atoms with E-state index >= 15 is 0 Å². The van der Waals surface area contributed by atoms with Gasteiger partial charge in [-0.3, -0.25) is 4.40 Å². The predicted molar refractivity (Wildman–Crippen MR) is 115 cm³/mol. The van der Waals surface area contributed by atoms with Gasteiger partial charge in [-0.25, -0.2) is 19.9 Å². The topological polar surface area (TPSA) is 74.5 Å². The second-order valence-electron chi connectivity index (χ2n) is 7.08. The summed E-state index contributed by atoms with van der Waals surface area (Å²) in [7, 11) is 2.15. The van der Waals surface area contributed by atoms with E-state index in [2.05, 4.69) is 53.0 Å². The number of fused-ring (bicyclic) bond motifs is 1. The molecule has 0 radical (unpaired) electrons. The van der Waals surface area contributed by atoms with Crippen molar-refractivity contribution >= 4 is 28.8 Å². The van der Waals surface area contributed by atoms with Crippen molar-refractivity contribution in [2.75, 3.05) is 43.4 Å². The fourth-order valence-electron chi connectivity index (χ4n) is 3.50. The minimum Gasteiger partial charge on any atom is -0.351 e. The van der Waals surface area contributed by atoms with Gasteiger partial charge in [-0.05, 0) is 24.6 Å². The zero-order valence-electron chi connectivity index (χ0n) is 16.2. The molecule has 0 bridgehead atoms. The van der Waals surface area contributed by atoms with E-state index in [9.17, 15) is 0 Å². The van der Waals surface area contributed by atoms with E-state index in [-0.39, 0.29) is 0 Å². The molecule has 8 nitrogen and oxygen atoms in total. The van der Waals surface area contributed by atoms with Gasteiger partial charge in [0.2, 0.25) is 5.95 Å². The summed E-state index contributed by atoms with van der Waals surface area (Å²) in [6.07, 6.45) is 7.42. The van der Waals surface area contributed by atoms with Gasteiger partial charge in [0.25, 0.3) is 0 Å². The van der Waals surface area contributed by atoms with Crippen LogP contribution >= 0.6 is 11.3 Å². The number of anilines is 2. The van der Waals surface area contributed by atoms with Crippen LogP contribution in [0.3, 0.4) is 0 Å². The molecule has 1 N–H and O–H groups in total. The molecule has 0 atom stereocenters. The molecule has 29 heavy (non-hydrogen) atoms. The second-order valence-corrected chi connectivity index (χ2v) is 8.11. The van der Waals surface area contributed by atoms with Gasteiger partial charge in [0.15, 0.2) is 11.5 Å². The number of hydrogen-bond donors (Lipinski definition) is 1. The first-order valence-corrected chi connectivity index (χ1v) is 10.5. The van der Waals surface area contributed by atoms with E-state index in [1.807, 2.05) is 30.7 Å². The monoisotopic (exact) mass is 406 g/mol. The Kier molecular flexibility index (Phi) is 4.82. The van der Waals surface area contributed by atoms with Gasteiger partial charge in [-0.1, -0.05) is 6.07 Å². The van der Waals surface area contributed by atoms with Crippen LogP contribution in [0.1, 0.15) is 4.88 Å². The highest BCUT2D eigenvalue weighted by molar-refractivity contribution is 7.09. The minimum absolute atomic E-state index is 0.610. The zero-order chi connectivity index (χ0) is 19.6. The van der Waals surface area contributed by atoms with Crippen LogP contribution in [-0.4, -0.2) is 62.5 Å². The maximum absolute atomic E-state index is 4.70. The molecule has 0 amide bonds. The van der Waals surface area contributed by atoms with E-state index in [1.165, 1.54) is 4.88 Å². The van der Waals surface area contributed by atoms with Crippen LogP contribution in [0.4, 0.5) is 11.8 Å². The van der Waals surface area contributed by atoms with Crippen LogP contribution < -0.4 is 10.2 Å². The third kappa shape index (κ3) is 3.66. The van der Waals surface area contributed by atoms with Crippen LogP contribution in [0.15, 0.2) is 48.4 Å². The van der Waals surface area contributed by atoms with Gasteiger partial charge in [0, 0.05) is 49.6 Å². The Morgan fingerprint density at radius 1 is 1.07 bits per heavy atom. The van der Waals surface area contributed by atoms with Crippen molar-refractivity contribution in [1.82, 2.24) is 29.2 Å². The number of likely N-dealkylation sites (N-methyl/N-ethyl adjacent to an activating group) is 1. The summed E-state index contributed by atoms with van der Waals surface area (Å²) in [6.45, 7) is 4.68. The normalized spacial score (nSPS) is 15.1. The van der Waals surface area contributed by atoms with Gasteiger partial charge in [-0.15, -0.1) is 11.3 Å². The Morgan fingerprint density at radius 2 is 1.97 bits per heavy atom. The number of imidazole rings is 1. The van der Waals surface area contributed by atoms with Crippen LogP contribution in [0, 0.1) is 0 Å². The molecule has 148 valence electrons. The SMILES string of the molecule is CN1CCN(c2nccn3c(-c4ccnc(NCc5cccs5)n4)cnc23)CC1.